The number of rotatable bonds is 10. The molecule has 1 saturated heterocycles. The Morgan fingerprint density at radius 3 is 2.28 bits per heavy atom. The summed E-state index contributed by atoms with van der Waals surface area (Å²) in [4.78, 5) is 41.7. The third-order valence-electron chi connectivity index (χ3n) is 6.26. The van der Waals surface area contributed by atoms with Crippen LogP contribution in [0.1, 0.15) is 29.3 Å². The largest absolute Gasteiger partial charge is 0.497 e. The van der Waals surface area contributed by atoms with E-state index >= 15 is 0 Å². The number of carbonyl (C=O) groups excluding carboxylic acids is 3. The number of thiocarbonyl (C=S) groups is 1. The van der Waals surface area contributed by atoms with Gasteiger partial charge in [-0.2, -0.15) is 0 Å². The van der Waals surface area contributed by atoms with Gasteiger partial charge in [-0.25, -0.2) is 9.18 Å². The number of nitrogens with one attached hydrogen (secondary N) is 1. The van der Waals surface area contributed by atoms with Gasteiger partial charge in [-0.3, -0.25) is 14.5 Å². The molecule has 1 fully saturated rings. The molecule has 10 heteroatoms. The molecule has 0 unspecified atom stereocenters. The zero-order valence-electron chi connectivity index (χ0n) is 21.6. The Hall–Kier alpha value is -4.31. The van der Waals surface area contributed by atoms with Crippen molar-refractivity contribution in [1.29, 1.82) is 0 Å². The quantitative estimate of drug-likeness (QED) is 0.293. The molecule has 0 saturated carbocycles. The molecule has 1 aliphatic heterocycles. The fourth-order valence-electron chi connectivity index (χ4n) is 4.25. The number of carbonyl (C=O) groups is 3. The first-order valence-corrected chi connectivity index (χ1v) is 12.8. The molecular weight excluding hydrogens is 521 g/mol. The number of ether oxygens (including phenoxy) is 2. The lowest BCUT2D eigenvalue weighted by Gasteiger charge is -2.24. The molecule has 0 aromatic heterocycles. The highest BCUT2D eigenvalue weighted by Gasteiger charge is 2.44. The van der Waals surface area contributed by atoms with E-state index in [1.54, 1.807) is 43.2 Å². The second-order valence-corrected chi connectivity index (χ2v) is 9.16. The van der Waals surface area contributed by atoms with Gasteiger partial charge in [-0.15, -0.1) is 0 Å². The molecule has 1 N–H and O–H groups in total. The molecular formula is C29H28FN3O5S. The summed E-state index contributed by atoms with van der Waals surface area (Å²) in [6.45, 7) is 2.36. The molecule has 202 valence electrons. The van der Waals surface area contributed by atoms with Crippen LogP contribution in [0.3, 0.4) is 0 Å². The Morgan fingerprint density at radius 2 is 1.67 bits per heavy atom. The maximum Gasteiger partial charge on any atom is 0.338 e. The van der Waals surface area contributed by atoms with Crippen LogP contribution in [0, 0.1) is 5.82 Å². The van der Waals surface area contributed by atoms with Gasteiger partial charge in [0.05, 0.1) is 31.4 Å². The summed E-state index contributed by atoms with van der Waals surface area (Å²) in [5.74, 6) is -0.905. The van der Waals surface area contributed by atoms with E-state index in [1.807, 2.05) is 24.3 Å². The SMILES string of the molecule is CCOC(=O)c1ccc(N2C(=O)[C@H](CC(=O)Nc3ccc(F)cc3)N(CCc3ccc(OC)cc3)C2=S)cc1. The molecule has 1 aliphatic rings. The molecule has 1 heterocycles. The first kappa shape index (κ1) is 27.7. The van der Waals surface area contributed by atoms with E-state index in [0.29, 0.717) is 29.9 Å². The minimum atomic E-state index is -0.846. The number of benzene rings is 3. The van der Waals surface area contributed by atoms with Crippen LogP contribution in [-0.4, -0.2) is 54.1 Å². The number of nitrogens with zero attached hydrogens (tertiary/aromatic N) is 2. The number of anilines is 2. The monoisotopic (exact) mass is 549 g/mol. The Labute approximate surface area is 231 Å². The highest BCUT2D eigenvalue weighted by atomic mass is 32.1. The smallest absolute Gasteiger partial charge is 0.338 e. The number of esters is 1. The van der Waals surface area contributed by atoms with E-state index in [-0.39, 0.29) is 24.0 Å². The lowest BCUT2D eigenvalue weighted by atomic mass is 10.1. The number of methoxy groups -OCH3 is 1. The zero-order valence-corrected chi connectivity index (χ0v) is 22.4. The van der Waals surface area contributed by atoms with Gasteiger partial charge in [0.1, 0.15) is 17.6 Å². The Bertz CT molecular complexity index is 1350. The number of hydrogen-bond donors (Lipinski definition) is 1. The van der Waals surface area contributed by atoms with E-state index in [9.17, 15) is 18.8 Å². The van der Waals surface area contributed by atoms with Gasteiger partial charge in [-0.1, -0.05) is 12.1 Å². The van der Waals surface area contributed by atoms with Gasteiger partial charge in [-0.05, 0) is 91.8 Å². The predicted octanol–water partition coefficient (Wildman–Crippen LogP) is 4.58. The van der Waals surface area contributed by atoms with Crippen molar-refractivity contribution in [3.8, 4) is 5.75 Å². The third kappa shape index (κ3) is 6.58. The summed E-state index contributed by atoms with van der Waals surface area (Å²) in [6.07, 6.45) is 0.416. The fraction of sp³-hybridized carbons (Fsp3) is 0.241. The minimum Gasteiger partial charge on any atom is -0.497 e. The molecule has 4 rings (SSSR count). The molecule has 0 spiro atoms. The van der Waals surface area contributed by atoms with E-state index in [2.05, 4.69) is 5.32 Å². The van der Waals surface area contributed by atoms with Crippen LogP contribution in [0.4, 0.5) is 15.8 Å². The number of hydrogen-bond acceptors (Lipinski definition) is 6. The summed E-state index contributed by atoms with van der Waals surface area (Å²) in [5, 5.41) is 2.97. The summed E-state index contributed by atoms with van der Waals surface area (Å²) in [5.41, 5.74) is 2.27. The van der Waals surface area contributed by atoms with Crippen LogP contribution in [0.15, 0.2) is 72.8 Å². The van der Waals surface area contributed by atoms with Crippen LogP contribution in [0.25, 0.3) is 0 Å². The van der Waals surface area contributed by atoms with E-state index < -0.39 is 23.7 Å². The van der Waals surface area contributed by atoms with Gasteiger partial charge in [0.2, 0.25) is 5.91 Å². The number of amides is 2. The van der Waals surface area contributed by atoms with Crippen molar-refractivity contribution in [2.75, 3.05) is 30.5 Å². The summed E-state index contributed by atoms with van der Waals surface area (Å²) >= 11 is 5.72. The van der Waals surface area contributed by atoms with Crippen LogP contribution < -0.4 is 15.0 Å². The normalized spacial score (nSPS) is 14.9. The highest BCUT2D eigenvalue weighted by molar-refractivity contribution is 7.80. The highest BCUT2D eigenvalue weighted by Crippen LogP contribution is 2.28. The van der Waals surface area contributed by atoms with Crippen LogP contribution in [0.2, 0.25) is 0 Å². The van der Waals surface area contributed by atoms with Crippen molar-refractivity contribution in [1.82, 2.24) is 4.90 Å². The van der Waals surface area contributed by atoms with Crippen molar-refractivity contribution in [2.24, 2.45) is 0 Å². The van der Waals surface area contributed by atoms with E-state index in [1.165, 1.54) is 29.2 Å². The molecule has 2 amide bonds. The molecule has 0 bridgehead atoms. The maximum atomic E-state index is 13.6. The van der Waals surface area contributed by atoms with Crippen molar-refractivity contribution in [3.63, 3.8) is 0 Å². The van der Waals surface area contributed by atoms with Gasteiger partial charge < -0.3 is 19.7 Å². The van der Waals surface area contributed by atoms with E-state index in [0.717, 1.165) is 11.3 Å². The first-order valence-electron chi connectivity index (χ1n) is 12.4. The second kappa shape index (κ2) is 12.5. The van der Waals surface area contributed by atoms with Gasteiger partial charge in [0.25, 0.3) is 5.91 Å². The molecule has 3 aromatic carbocycles. The molecule has 39 heavy (non-hydrogen) atoms. The minimum absolute atomic E-state index is 0.156. The molecule has 0 radical (unpaired) electrons. The Kier molecular flexibility index (Phi) is 8.88. The fourth-order valence-corrected chi connectivity index (χ4v) is 4.66. The molecule has 0 aliphatic carbocycles. The Morgan fingerprint density at radius 1 is 1.00 bits per heavy atom. The van der Waals surface area contributed by atoms with E-state index in [4.69, 9.17) is 21.7 Å². The second-order valence-electron chi connectivity index (χ2n) is 8.79. The lowest BCUT2D eigenvalue weighted by molar-refractivity contribution is -0.124. The standard InChI is InChI=1S/C29H28FN3O5S/c1-3-38-28(36)20-6-12-23(13-7-20)33-27(35)25(18-26(34)31-22-10-8-21(30)9-11-22)32(29(33)39)17-16-19-4-14-24(37-2)15-5-19/h4-15,25H,3,16-18H2,1-2H3,(H,31,34)/t25-/m0/s1. The first-order chi connectivity index (χ1) is 18.8. The van der Waals surface area contributed by atoms with Gasteiger partial charge in [0.15, 0.2) is 5.11 Å². The molecule has 1 atom stereocenters. The lowest BCUT2D eigenvalue weighted by Crippen LogP contribution is -2.39. The molecule has 3 aromatic rings. The summed E-state index contributed by atoms with van der Waals surface area (Å²) < 4.78 is 23.5. The maximum absolute atomic E-state index is 13.6. The van der Waals surface area contributed by atoms with Crippen molar-refractivity contribution in [2.45, 2.75) is 25.8 Å². The van der Waals surface area contributed by atoms with Gasteiger partial charge >= 0.3 is 5.97 Å². The van der Waals surface area contributed by atoms with Crippen molar-refractivity contribution < 1.29 is 28.2 Å². The molecule has 8 nitrogen and oxygen atoms in total. The topological polar surface area (TPSA) is 88.2 Å². The van der Waals surface area contributed by atoms with Crippen LogP contribution >= 0.6 is 12.2 Å². The van der Waals surface area contributed by atoms with Crippen molar-refractivity contribution in [3.05, 3.63) is 89.7 Å². The predicted molar refractivity (Wildman–Crippen MR) is 149 cm³/mol. The average molecular weight is 550 g/mol. The van der Waals surface area contributed by atoms with Crippen molar-refractivity contribution >= 4 is 46.5 Å². The number of halogens is 1. The average Bonchev–Trinajstić information content (AvgIpc) is 3.17. The zero-order chi connectivity index (χ0) is 27.9. The summed E-state index contributed by atoms with van der Waals surface area (Å²) in [6, 6.07) is 18.5. The van der Waals surface area contributed by atoms with Crippen LogP contribution in [0.5, 0.6) is 5.75 Å². The summed E-state index contributed by atoms with van der Waals surface area (Å²) in [7, 11) is 1.60. The van der Waals surface area contributed by atoms with Gasteiger partial charge in [0, 0.05) is 12.2 Å². The Balaban J connectivity index is 1.55. The van der Waals surface area contributed by atoms with Crippen LogP contribution in [-0.2, 0) is 20.7 Å². The third-order valence-corrected chi connectivity index (χ3v) is 6.68.